The van der Waals surface area contributed by atoms with E-state index in [0.29, 0.717) is 11.8 Å². The molecule has 2 aliphatic rings. The van der Waals surface area contributed by atoms with Crippen LogP contribution in [0, 0.1) is 17.8 Å². The molecule has 2 atom stereocenters. The van der Waals surface area contributed by atoms with Crippen LogP contribution in [-0.2, 0) is 11.3 Å². The Kier molecular flexibility index (Phi) is 4.06. The normalized spacial score (nSPS) is 27.8. The van der Waals surface area contributed by atoms with Gasteiger partial charge in [0, 0.05) is 18.2 Å². The molecule has 0 spiro atoms. The highest BCUT2D eigenvalue weighted by Crippen LogP contribution is 2.55. The minimum atomic E-state index is 0.238. The molecule has 1 aromatic rings. The van der Waals surface area contributed by atoms with Gasteiger partial charge in [0.15, 0.2) is 0 Å². The van der Waals surface area contributed by atoms with E-state index in [1.165, 1.54) is 31.2 Å². The molecule has 2 fully saturated rings. The number of nitrogens with one attached hydrogen (secondary N) is 2. The van der Waals surface area contributed by atoms with Crippen molar-refractivity contribution in [3.05, 3.63) is 29.8 Å². The number of rotatable bonds is 5. The first-order valence-corrected chi connectivity index (χ1v) is 7.90. The van der Waals surface area contributed by atoms with Gasteiger partial charge in [0.2, 0.25) is 5.91 Å². The van der Waals surface area contributed by atoms with Gasteiger partial charge in [-0.25, -0.2) is 0 Å². The third-order valence-corrected chi connectivity index (χ3v) is 4.73. The smallest absolute Gasteiger partial charge is 0.228 e. The Labute approximate surface area is 121 Å². The standard InChI is InChI=1S/C17H24N2O/c1-2-18-11-12-6-5-7-13(10-12)19-17(20)16-14-8-3-4-9-15(14)16/h5-7,10,14-16,18H,2-4,8-9,11H2,1H3,(H,19,20). The molecule has 3 rings (SSSR count). The Morgan fingerprint density at radius 2 is 2.00 bits per heavy atom. The molecule has 0 aromatic heterocycles. The van der Waals surface area contributed by atoms with Crippen LogP contribution in [0.1, 0.15) is 38.2 Å². The maximum absolute atomic E-state index is 12.3. The van der Waals surface area contributed by atoms with Crippen molar-refractivity contribution in [2.75, 3.05) is 11.9 Å². The third kappa shape index (κ3) is 2.88. The van der Waals surface area contributed by atoms with E-state index >= 15 is 0 Å². The first kappa shape index (κ1) is 13.6. The van der Waals surface area contributed by atoms with Crippen molar-refractivity contribution in [2.45, 2.75) is 39.2 Å². The van der Waals surface area contributed by atoms with E-state index in [1.807, 2.05) is 12.1 Å². The third-order valence-electron chi connectivity index (χ3n) is 4.73. The lowest BCUT2D eigenvalue weighted by molar-refractivity contribution is -0.117. The average molecular weight is 272 g/mol. The van der Waals surface area contributed by atoms with Crippen molar-refractivity contribution in [3.63, 3.8) is 0 Å². The highest BCUT2D eigenvalue weighted by molar-refractivity contribution is 5.95. The first-order chi connectivity index (χ1) is 9.79. The summed E-state index contributed by atoms with van der Waals surface area (Å²) in [5.41, 5.74) is 2.16. The molecule has 3 heteroatoms. The van der Waals surface area contributed by atoms with E-state index in [2.05, 4.69) is 29.7 Å². The Morgan fingerprint density at radius 3 is 2.70 bits per heavy atom. The van der Waals surface area contributed by atoms with Crippen molar-refractivity contribution in [2.24, 2.45) is 17.8 Å². The molecule has 2 unspecified atom stereocenters. The van der Waals surface area contributed by atoms with Gasteiger partial charge < -0.3 is 10.6 Å². The summed E-state index contributed by atoms with van der Waals surface area (Å²) >= 11 is 0. The van der Waals surface area contributed by atoms with Crippen LogP contribution < -0.4 is 10.6 Å². The highest BCUT2D eigenvalue weighted by Gasteiger charge is 2.54. The highest BCUT2D eigenvalue weighted by atomic mass is 16.2. The molecule has 20 heavy (non-hydrogen) atoms. The summed E-state index contributed by atoms with van der Waals surface area (Å²) in [4.78, 5) is 12.3. The van der Waals surface area contributed by atoms with Gasteiger partial charge in [0.25, 0.3) is 0 Å². The number of carbonyl (C=O) groups is 1. The lowest BCUT2D eigenvalue weighted by Crippen LogP contribution is -2.16. The van der Waals surface area contributed by atoms with Gasteiger partial charge in [-0.1, -0.05) is 31.9 Å². The second-order valence-electron chi connectivity index (χ2n) is 6.11. The minimum Gasteiger partial charge on any atom is -0.326 e. The average Bonchev–Trinajstić information content (AvgIpc) is 3.20. The van der Waals surface area contributed by atoms with Crippen molar-refractivity contribution in [1.29, 1.82) is 0 Å². The molecule has 2 N–H and O–H groups in total. The number of anilines is 1. The number of benzene rings is 1. The van der Waals surface area contributed by atoms with Crippen LogP contribution in [0.4, 0.5) is 5.69 Å². The van der Waals surface area contributed by atoms with E-state index in [-0.39, 0.29) is 11.8 Å². The fraction of sp³-hybridized carbons (Fsp3) is 0.588. The fourth-order valence-corrected chi connectivity index (χ4v) is 3.64. The summed E-state index contributed by atoms with van der Waals surface area (Å²) in [6.07, 6.45) is 5.12. The zero-order valence-corrected chi connectivity index (χ0v) is 12.2. The molecule has 2 aliphatic carbocycles. The second-order valence-corrected chi connectivity index (χ2v) is 6.11. The molecule has 1 aromatic carbocycles. The van der Waals surface area contributed by atoms with Crippen LogP contribution in [0.2, 0.25) is 0 Å². The molecule has 0 bridgehead atoms. The molecule has 0 saturated heterocycles. The molecule has 0 heterocycles. The Bertz CT molecular complexity index is 474. The summed E-state index contributed by atoms with van der Waals surface area (Å²) in [6.45, 7) is 3.91. The predicted octanol–water partition coefficient (Wildman–Crippen LogP) is 3.17. The summed E-state index contributed by atoms with van der Waals surface area (Å²) in [5.74, 6) is 1.87. The number of hydrogen-bond acceptors (Lipinski definition) is 2. The molecule has 0 radical (unpaired) electrons. The van der Waals surface area contributed by atoms with Crippen molar-refractivity contribution in [1.82, 2.24) is 5.32 Å². The number of carbonyl (C=O) groups excluding carboxylic acids is 1. The summed E-state index contributed by atoms with van der Waals surface area (Å²) in [5, 5.41) is 6.42. The first-order valence-electron chi connectivity index (χ1n) is 7.90. The van der Waals surface area contributed by atoms with Crippen LogP contribution in [0.5, 0.6) is 0 Å². The van der Waals surface area contributed by atoms with Crippen molar-refractivity contribution in [3.8, 4) is 0 Å². The Hall–Kier alpha value is -1.35. The fourth-order valence-electron chi connectivity index (χ4n) is 3.64. The van der Waals surface area contributed by atoms with Gasteiger partial charge >= 0.3 is 0 Å². The van der Waals surface area contributed by atoms with E-state index < -0.39 is 0 Å². The van der Waals surface area contributed by atoms with Crippen LogP contribution in [-0.4, -0.2) is 12.5 Å². The Morgan fingerprint density at radius 1 is 1.25 bits per heavy atom. The topological polar surface area (TPSA) is 41.1 Å². The number of amides is 1. The SMILES string of the molecule is CCNCc1cccc(NC(=O)C2C3CCCCC32)c1. The lowest BCUT2D eigenvalue weighted by Gasteiger charge is -2.08. The van der Waals surface area contributed by atoms with Crippen LogP contribution in [0.15, 0.2) is 24.3 Å². The van der Waals surface area contributed by atoms with Gasteiger partial charge in [-0.05, 0) is 48.9 Å². The zero-order chi connectivity index (χ0) is 13.9. The molecular weight excluding hydrogens is 248 g/mol. The molecular formula is C17H24N2O. The van der Waals surface area contributed by atoms with E-state index in [9.17, 15) is 4.79 Å². The van der Waals surface area contributed by atoms with Crippen molar-refractivity contribution < 1.29 is 4.79 Å². The van der Waals surface area contributed by atoms with Crippen LogP contribution in [0.3, 0.4) is 0 Å². The maximum Gasteiger partial charge on any atom is 0.228 e. The molecule has 1 amide bonds. The van der Waals surface area contributed by atoms with E-state index in [4.69, 9.17) is 0 Å². The number of hydrogen-bond donors (Lipinski definition) is 2. The van der Waals surface area contributed by atoms with Gasteiger partial charge in [-0.15, -0.1) is 0 Å². The molecule has 2 saturated carbocycles. The van der Waals surface area contributed by atoms with Crippen LogP contribution in [0.25, 0.3) is 0 Å². The number of fused-ring (bicyclic) bond motifs is 1. The van der Waals surface area contributed by atoms with Crippen molar-refractivity contribution >= 4 is 11.6 Å². The van der Waals surface area contributed by atoms with Gasteiger partial charge in [-0.3, -0.25) is 4.79 Å². The zero-order valence-electron chi connectivity index (χ0n) is 12.2. The largest absolute Gasteiger partial charge is 0.326 e. The second kappa shape index (κ2) is 5.96. The van der Waals surface area contributed by atoms with Gasteiger partial charge in [0.1, 0.15) is 0 Å². The predicted molar refractivity (Wildman–Crippen MR) is 81.4 cm³/mol. The van der Waals surface area contributed by atoms with E-state index in [0.717, 1.165) is 18.8 Å². The quantitative estimate of drug-likeness (QED) is 0.864. The summed E-state index contributed by atoms with van der Waals surface area (Å²) < 4.78 is 0. The van der Waals surface area contributed by atoms with Crippen LogP contribution >= 0.6 is 0 Å². The monoisotopic (exact) mass is 272 g/mol. The maximum atomic E-state index is 12.3. The lowest BCUT2D eigenvalue weighted by atomic mass is 10.0. The molecule has 3 nitrogen and oxygen atoms in total. The minimum absolute atomic E-state index is 0.238. The summed E-state index contributed by atoms with van der Waals surface area (Å²) in [6, 6.07) is 8.17. The van der Waals surface area contributed by atoms with Gasteiger partial charge in [0.05, 0.1) is 0 Å². The molecule has 0 aliphatic heterocycles. The Balaban J connectivity index is 1.58. The van der Waals surface area contributed by atoms with E-state index in [1.54, 1.807) is 0 Å². The molecule has 108 valence electrons. The van der Waals surface area contributed by atoms with Gasteiger partial charge in [-0.2, -0.15) is 0 Å². The summed E-state index contributed by atoms with van der Waals surface area (Å²) in [7, 11) is 0.